The molecule has 2 atom stereocenters. The molecular weight excluding hydrogens is 751 g/mol. The van der Waals surface area contributed by atoms with Crippen LogP contribution in [0.25, 0.3) is 0 Å². The van der Waals surface area contributed by atoms with Gasteiger partial charge in [0.05, 0.1) is 40.3 Å². The molecule has 344 valence electrons. The summed E-state index contributed by atoms with van der Waals surface area (Å²) in [6.45, 7) is 4.54. The zero-order chi connectivity index (χ0) is 44.2. The average Bonchev–Trinajstić information content (AvgIpc) is 3.21. The smallest absolute Gasteiger partial charge is 0.306 e. The number of rotatable bonds is 42. The van der Waals surface area contributed by atoms with Crippen LogP contribution in [0.2, 0.25) is 0 Å². The lowest BCUT2D eigenvalue weighted by Gasteiger charge is -2.34. The number of hydrogen-bond donors (Lipinski definition) is 0. The van der Waals surface area contributed by atoms with Crippen LogP contribution in [-0.2, 0) is 28.6 Å². The highest BCUT2D eigenvalue weighted by Gasteiger charge is 2.25. The van der Waals surface area contributed by atoms with Gasteiger partial charge in [0.1, 0.15) is 12.6 Å². The highest BCUT2D eigenvalue weighted by Crippen LogP contribution is 2.14. The van der Waals surface area contributed by atoms with Crippen LogP contribution in [0, 0.1) is 0 Å². The summed E-state index contributed by atoms with van der Waals surface area (Å²) in [6.07, 6.45) is 53.6. The molecular formula is C52H89NO7. The second kappa shape index (κ2) is 42.5. The molecule has 0 spiro atoms. The van der Waals surface area contributed by atoms with Crippen LogP contribution >= 0.6 is 0 Å². The number of carboxylic acids is 1. The van der Waals surface area contributed by atoms with Crippen LogP contribution in [0.1, 0.15) is 187 Å². The summed E-state index contributed by atoms with van der Waals surface area (Å²) in [5.41, 5.74) is 0. The third-order valence-corrected chi connectivity index (χ3v) is 10.3. The molecule has 60 heavy (non-hydrogen) atoms. The van der Waals surface area contributed by atoms with Crippen molar-refractivity contribution in [2.75, 3.05) is 41.0 Å². The predicted molar refractivity (Wildman–Crippen MR) is 249 cm³/mol. The first-order chi connectivity index (χ1) is 29.1. The number of likely N-dealkylation sites (N-methyl/N-ethyl adjacent to an activating group) is 1. The van der Waals surface area contributed by atoms with Crippen molar-refractivity contribution in [3.05, 3.63) is 72.9 Å². The van der Waals surface area contributed by atoms with E-state index in [1.165, 1.54) is 96.3 Å². The summed E-state index contributed by atoms with van der Waals surface area (Å²) >= 11 is 0. The number of ether oxygens (including phenoxy) is 3. The fourth-order valence-corrected chi connectivity index (χ4v) is 6.58. The number of hydrogen-bond acceptors (Lipinski definition) is 7. The summed E-state index contributed by atoms with van der Waals surface area (Å²) < 4.78 is 17.1. The third-order valence-electron chi connectivity index (χ3n) is 10.3. The van der Waals surface area contributed by atoms with Gasteiger partial charge in [-0.25, -0.2) is 0 Å². The predicted octanol–water partition coefficient (Wildman–Crippen LogP) is 12.2. The Bertz CT molecular complexity index is 1210. The molecule has 0 amide bonds. The summed E-state index contributed by atoms with van der Waals surface area (Å²) in [7, 11) is 5.39. The van der Waals surface area contributed by atoms with Gasteiger partial charge in [0, 0.05) is 19.3 Å². The molecule has 0 aromatic rings. The van der Waals surface area contributed by atoms with Crippen molar-refractivity contribution in [3.63, 3.8) is 0 Å². The van der Waals surface area contributed by atoms with Crippen molar-refractivity contribution in [2.24, 2.45) is 0 Å². The maximum atomic E-state index is 12.8. The van der Waals surface area contributed by atoms with Gasteiger partial charge < -0.3 is 28.6 Å². The Morgan fingerprint density at radius 1 is 0.517 bits per heavy atom. The number of carboxylic acid groups (broad SMARTS) is 1. The van der Waals surface area contributed by atoms with E-state index in [9.17, 15) is 19.5 Å². The van der Waals surface area contributed by atoms with Gasteiger partial charge in [-0.2, -0.15) is 0 Å². The van der Waals surface area contributed by atoms with Crippen LogP contribution in [0.5, 0.6) is 0 Å². The topological polar surface area (TPSA) is 102 Å². The quantitative estimate of drug-likeness (QED) is 0.0198. The molecule has 0 bridgehead atoms. The van der Waals surface area contributed by atoms with Gasteiger partial charge in [-0.3, -0.25) is 9.59 Å². The molecule has 0 rings (SSSR count). The van der Waals surface area contributed by atoms with Gasteiger partial charge in [-0.15, -0.1) is 0 Å². The molecule has 0 saturated carbocycles. The maximum absolute atomic E-state index is 12.8. The van der Waals surface area contributed by atoms with E-state index >= 15 is 0 Å². The second-order valence-electron chi connectivity index (χ2n) is 17.0. The zero-order valence-corrected chi connectivity index (χ0v) is 39.1. The molecule has 0 saturated heterocycles. The van der Waals surface area contributed by atoms with Crippen LogP contribution in [0.15, 0.2) is 72.9 Å². The lowest BCUT2D eigenvalue weighted by atomic mass is 10.1. The van der Waals surface area contributed by atoms with Crippen LogP contribution in [0.3, 0.4) is 0 Å². The standard InChI is InChI=1S/C52H89NO7/c1-6-8-10-12-14-16-18-20-22-24-25-27-29-31-33-35-37-39-41-43-51(55)60-48(46-58-45-44-49(52(56)57)53(3,4)5)47-59-50(54)42-40-38-36-34-32-30-28-26-23-21-19-17-15-13-11-9-7-2/h14-18,20-21,23,28,30,34,36,48-49H,6-13,19,22,24-27,29,31-33,35,37-47H2,1-5H3/b16-14+,17-15+,20-18+,23-21+,30-28+,36-34+. The minimum absolute atomic E-state index is 0.0192. The van der Waals surface area contributed by atoms with E-state index in [1.54, 1.807) is 21.1 Å². The summed E-state index contributed by atoms with van der Waals surface area (Å²) in [6, 6.07) is -0.737. The third kappa shape index (κ3) is 40.2. The minimum atomic E-state index is -1.13. The minimum Gasteiger partial charge on any atom is -0.544 e. The zero-order valence-electron chi connectivity index (χ0n) is 39.1. The van der Waals surface area contributed by atoms with Crippen LogP contribution < -0.4 is 5.11 Å². The van der Waals surface area contributed by atoms with Crippen molar-refractivity contribution in [3.8, 4) is 0 Å². The highest BCUT2D eigenvalue weighted by atomic mass is 16.6. The summed E-state index contributed by atoms with van der Waals surface area (Å²) in [5.74, 6) is -1.82. The summed E-state index contributed by atoms with van der Waals surface area (Å²) in [4.78, 5) is 36.9. The number of aliphatic carboxylic acids is 1. The Morgan fingerprint density at radius 2 is 0.950 bits per heavy atom. The maximum Gasteiger partial charge on any atom is 0.306 e. The van der Waals surface area contributed by atoms with E-state index < -0.39 is 18.1 Å². The molecule has 0 fully saturated rings. The van der Waals surface area contributed by atoms with Gasteiger partial charge in [0.2, 0.25) is 0 Å². The molecule has 0 aliphatic heterocycles. The molecule has 0 N–H and O–H groups in total. The largest absolute Gasteiger partial charge is 0.544 e. The van der Waals surface area contributed by atoms with E-state index in [2.05, 4.69) is 86.8 Å². The van der Waals surface area contributed by atoms with Crippen molar-refractivity contribution >= 4 is 17.9 Å². The lowest BCUT2D eigenvalue weighted by molar-refractivity contribution is -0.889. The Morgan fingerprint density at radius 3 is 1.45 bits per heavy atom. The van der Waals surface area contributed by atoms with E-state index in [0.29, 0.717) is 12.8 Å². The first-order valence-electron chi connectivity index (χ1n) is 24.0. The molecule has 0 radical (unpaired) electrons. The molecule has 8 nitrogen and oxygen atoms in total. The van der Waals surface area contributed by atoms with Gasteiger partial charge in [0.15, 0.2) is 6.10 Å². The molecule has 0 aromatic heterocycles. The SMILES string of the molecule is CCCCC/C=C/C=C/CCCCCCCCCCCCC(=O)OC(COCCC(C(=O)[O-])[N+](C)(C)C)COC(=O)CCC/C=C/C/C=C/C/C=C/C/C=C/CCCCC. The Hall–Kier alpha value is -3.23. The van der Waals surface area contributed by atoms with Crippen LogP contribution in [-0.4, -0.2) is 75.5 Å². The Kier molecular flexibility index (Phi) is 40.2. The van der Waals surface area contributed by atoms with Gasteiger partial charge in [-0.1, -0.05) is 164 Å². The van der Waals surface area contributed by atoms with Gasteiger partial charge in [0.25, 0.3) is 0 Å². The first kappa shape index (κ1) is 56.8. The number of unbranched alkanes of at least 4 members (excludes halogenated alkanes) is 17. The van der Waals surface area contributed by atoms with Gasteiger partial charge in [-0.05, 0) is 77.0 Å². The van der Waals surface area contributed by atoms with Crippen molar-refractivity contribution in [1.29, 1.82) is 0 Å². The molecule has 2 unspecified atom stereocenters. The van der Waals surface area contributed by atoms with E-state index in [4.69, 9.17) is 14.2 Å². The van der Waals surface area contributed by atoms with E-state index in [-0.39, 0.29) is 49.1 Å². The van der Waals surface area contributed by atoms with E-state index in [1.807, 2.05) is 0 Å². The van der Waals surface area contributed by atoms with Crippen molar-refractivity contribution in [2.45, 2.75) is 199 Å². The molecule has 0 aromatic carbocycles. The first-order valence-corrected chi connectivity index (χ1v) is 24.0. The number of carbonyl (C=O) groups excluding carboxylic acids is 3. The van der Waals surface area contributed by atoms with Crippen molar-refractivity contribution in [1.82, 2.24) is 0 Å². The number of nitrogens with zero attached hydrogens (tertiary/aromatic N) is 1. The van der Waals surface area contributed by atoms with Gasteiger partial charge >= 0.3 is 11.9 Å². The monoisotopic (exact) mass is 840 g/mol. The Labute approximate surface area is 368 Å². The Balaban J connectivity index is 4.39. The fourth-order valence-electron chi connectivity index (χ4n) is 6.58. The number of quaternary nitrogens is 1. The highest BCUT2D eigenvalue weighted by molar-refractivity contribution is 5.70. The van der Waals surface area contributed by atoms with E-state index in [0.717, 1.165) is 51.4 Å². The molecule has 0 aliphatic carbocycles. The molecule has 0 heterocycles. The average molecular weight is 840 g/mol. The molecule has 0 aliphatic rings. The summed E-state index contributed by atoms with van der Waals surface area (Å²) in [5, 5.41) is 11.6. The normalized spacial score (nSPS) is 13.6. The lowest BCUT2D eigenvalue weighted by Crippen LogP contribution is -2.55. The molecule has 8 heteroatoms. The van der Waals surface area contributed by atoms with Crippen LogP contribution in [0.4, 0.5) is 0 Å². The fraction of sp³-hybridized carbons (Fsp3) is 0.712. The second-order valence-corrected chi connectivity index (χ2v) is 17.0. The number of carbonyl (C=O) groups is 3. The van der Waals surface area contributed by atoms with Crippen molar-refractivity contribution < 1.29 is 38.2 Å². The number of allylic oxidation sites excluding steroid dienone is 12. The number of esters is 2.